The number of amides is 1. The predicted molar refractivity (Wildman–Crippen MR) is 120 cm³/mol. The zero-order valence-electron chi connectivity index (χ0n) is 16.8. The Morgan fingerprint density at radius 3 is 3.00 bits per heavy atom. The number of carbonyl (C=O) groups is 1. The van der Waals surface area contributed by atoms with Crippen LogP contribution < -0.4 is 10.1 Å². The smallest absolute Gasteiger partial charge is 0.261 e. The molecule has 5 nitrogen and oxygen atoms in total. The van der Waals surface area contributed by atoms with Crippen molar-refractivity contribution >= 4 is 22.9 Å². The first-order valence-corrected chi connectivity index (χ1v) is 11.5. The Morgan fingerprint density at radius 1 is 1.20 bits per heavy atom. The van der Waals surface area contributed by atoms with Gasteiger partial charge in [-0.3, -0.25) is 4.79 Å². The quantitative estimate of drug-likeness (QED) is 0.638. The monoisotopic (exact) mass is 419 g/mol. The number of piperidine rings is 1. The van der Waals surface area contributed by atoms with Crippen LogP contribution in [0.4, 0.5) is 5.69 Å². The van der Waals surface area contributed by atoms with E-state index in [2.05, 4.69) is 28.9 Å². The van der Waals surface area contributed by atoms with Crippen LogP contribution in [-0.2, 0) is 11.2 Å². The van der Waals surface area contributed by atoms with E-state index in [1.54, 1.807) is 11.3 Å². The molecule has 1 saturated heterocycles. The van der Waals surface area contributed by atoms with Gasteiger partial charge in [0.2, 0.25) is 0 Å². The van der Waals surface area contributed by atoms with Gasteiger partial charge in [-0.15, -0.1) is 11.3 Å². The Morgan fingerprint density at radius 2 is 2.10 bits per heavy atom. The highest BCUT2D eigenvalue weighted by Gasteiger charge is 2.30. The molecule has 1 atom stereocenters. The van der Waals surface area contributed by atoms with Crippen molar-refractivity contribution in [2.75, 3.05) is 25.0 Å². The van der Waals surface area contributed by atoms with Crippen LogP contribution >= 0.6 is 11.3 Å². The van der Waals surface area contributed by atoms with Crippen molar-refractivity contribution < 1.29 is 9.53 Å². The van der Waals surface area contributed by atoms with Crippen LogP contribution in [-0.4, -0.2) is 35.5 Å². The number of benzene rings is 2. The fourth-order valence-electron chi connectivity index (χ4n) is 4.27. The van der Waals surface area contributed by atoms with Crippen LogP contribution in [0.15, 0.2) is 53.9 Å². The van der Waals surface area contributed by atoms with E-state index in [9.17, 15) is 4.79 Å². The Balaban J connectivity index is 1.31. The minimum atomic E-state index is 0.0314. The lowest BCUT2D eigenvalue weighted by atomic mass is 10.0. The molecule has 1 N–H and O–H groups in total. The van der Waals surface area contributed by atoms with E-state index in [1.807, 2.05) is 35.2 Å². The van der Waals surface area contributed by atoms with Crippen LogP contribution in [0, 0.1) is 0 Å². The molecule has 1 fully saturated rings. The Bertz CT molecular complexity index is 1030. The molecule has 3 heterocycles. The molecule has 0 spiro atoms. The first-order chi connectivity index (χ1) is 14.8. The summed E-state index contributed by atoms with van der Waals surface area (Å²) in [5.41, 5.74) is 4.75. The van der Waals surface area contributed by atoms with Gasteiger partial charge in [0.05, 0.1) is 11.7 Å². The van der Waals surface area contributed by atoms with E-state index in [0.29, 0.717) is 0 Å². The van der Waals surface area contributed by atoms with E-state index >= 15 is 0 Å². The molecule has 2 aliphatic rings. The Labute approximate surface area is 180 Å². The average Bonchev–Trinajstić information content (AvgIpc) is 3.47. The minimum absolute atomic E-state index is 0.0314. The van der Waals surface area contributed by atoms with Crippen molar-refractivity contribution in [1.29, 1.82) is 0 Å². The van der Waals surface area contributed by atoms with Gasteiger partial charge in [0.25, 0.3) is 5.91 Å². The lowest BCUT2D eigenvalue weighted by Crippen LogP contribution is -2.41. The summed E-state index contributed by atoms with van der Waals surface area (Å²) in [7, 11) is 0. The van der Waals surface area contributed by atoms with Gasteiger partial charge in [-0.1, -0.05) is 24.3 Å². The van der Waals surface area contributed by atoms with Gasteiger partial charge in [0.1, 0.15) is 10.8 Å². The van der Waals surface area contributed by atoms with Crippen molar-refractivity contribution in [3.05, 3.63) is 64.5 Å². The highest BCUT2D eigenvalue weighted by Crippen LogP contribution is 2.36. The number of fused-ring (bicyclic) bond motifs is 1. The van der Waals surface area contributed by atoms with Crippen molar-refractivity contribution in [3.63, 3.8) is 0 Å². The van der Waals surface area contributed by atoms with Crippen LogP contribution in [0.5, 0.6) is 5.75 Å². The van der Waals surface area contributed by atoms with Crippen LogP contribution in [0.1, 0.15) is 35.9 Å². The largest absolute Gasteiger partial charge is 0.484 e. The molecule has 0 saturated carbocycles. The molecule has 2 aromatic carbocycles. The number of thiazole rings is 1. The third-order valence-electron chi connectivity index (χ3n) is 5.85. The third kappa shape index (κ3) is 3.92. The zero-order chi connectivity index (χ0) is 20.3. The Kier molecular flexibility index (Phi) is 5.41. The fourth-order valence-corrected chi connectivity index (χ4v) is 5.24. The van der Waals surface area contributed by atoms with Gasteiger partial charge in [-0.05, 0) is 55.5 Å². The van der Waals surface area contributed by atoms with Crippen LogP contribution in [0.25, 0.3) is 11.3 Å². The molecule has 6 heteroatoms. The molecule has 154 valence electrons. The number of ether oxygens (including phenoxy) is 1. The average molecular weight is 420 g/mol. The SMILES string of the molecule is O=C(COc1ccccc1)N1CCCC[C@@H]1c1nc(-c2ccc3c(c2)CCN3)cs1. The maximum atomic E-state index is 12.9. The molecule has 0 unspecified atom stereocenters. The third-order valence-corrected chi connectivity index (χ3v) is 6.79. The van der Waals surface area contributed by atoms with Gasteiger partial charge in [0.15, 0.2) is 6.61 Å². The summed E-state index contributed by atoms with van der Waals surface area (Å²) < 4.78 is 5.71. The van der Waals surface area contributed by atoms with Gasteiger partial charge in [0, 0.05) is 29.7 Å². The maximum absolute atomic E-state index is 12.9. The zero-order valence-corrected chi connectivity index (χ0v) is 17.7. The van der Waals surface area contributed by atoms with Crippen LogP contribution in [0.2, 0.25) is 0 Å². The van der Waals surface area contributed by atoms with Gasteiger partial charge in [-0.2, -0.15) is 0 Å². The summed E-state index contributed by atoms with van der Waals surface area (Å²) in [6, 6.07) is 16.1. The van der Waals surface area contributed by atoms with Crippen molar-refractivity contribution in [3.8, 4) is 17.0 Å². The predicted octanol–water partition coefficient (Wildman–Crippen LogP) is 4.91. The molecule has 0 aliphatic carbocycles. The first-order valence-electron chi connectivity index (χ1n) is 10.6. The van der Waals surface area contributed by atoms with Crippen molar-refractivity contribution in [2.45, 2.75) is 31.7 Å². The first kappa shape index (κ1) is 19.1. The van der Waals surface area contributed by atoms with E-state index < -0.39 is 0 Å². The van der Waals surface area contributed by atoms with E-state index in [0.717, 1.165) is 60.8 Å². The number of nitrogens with zero attached hydrogens (tertiary/aromatic N) is 2. The maximum Gasteiger partial charge on any atom is 0.261 e. The normalized spacial score (nSPS) is 18.0. The molecular weight excluding hydrogens is 394 g/mol. The number of para-hydroxylation sites is 1. The summed E-state index contributed by atoms with van der Waals surface area (Å²) in [6.07, 6.45) is 4.17. The number of likely N-dealkylation sites (tertiary alicyclic amines) is 1. The summed E-state index contributed by atoms with van der Waals surface area (Å²) in [4.78, 5) is 19.8. The Hall–Kier alpha value is -2.86. The lowest BCUT2D eigenvalue weighted by molar-refractivity contribution is -0.137. The molecule has 0 radical (unpaired) electrons. The van der Waals surface area contributed by atoms with Crippen LogP contribution in [0.3, 0.4) is 0 Å². The standard InChI is InChI=1S/C24H25N3O2S/c28-23(15-29-19-6-2-1-3-7-19)27-13-5-4-8-22(27)24-26-21(16-30-24)17-9-10-20-18(14-17)11-12-25-20/h1-3,6-7,9-10,14,16,22,25H,4-5,8,11-13,15H2/t22-/m1/s1. The van der Waals surface area contributed by atoms with E-state index in [-0.39, 0.29) is 18.6 Å². The number of rotatable bonds is 5. The number of carbonyl (C=O) groups excluding carboxylic acids is 1. The number of hydrogen-bond acceptors (Lipinski definition) is 5. The van der Waals surface area contributed by atoms with Gasteiger partial charge < -0.3 is 15.0 Å². The molecule has 1 amide bonds. The molecular formula is C24H25N3O2S. The molecule has 2 aliphatic heterocycles. The summed E-state index contributed by atoms with van der Waals surface area (Å²) in [6.45, 7) is 1.84. The molecule has 3 aromatic rings. The summed E-state index contributed by atoms with van der Waals surface area (Å²) in [5, 5.41) is 6.55. The summed E-state index contributed by atoms with van der Waals surface area (Å²) >= 11 is 1.66. The molecule has 0 bridgehead atoms. The highest BCUT2D eigenvalue weighted by atomic mass is 32.1. The summed E-state index contributed by atoms with van der Waals surface area (Å²) in [5.74, 6) is 0.756. The van der Waals surface area contributed by atoms with Crippen molar-refractivity contribution in [2.24, 2.45) is 0 Å². The van der Waals surface area contributed by atoms with E-state index in [1.165, 1.54) is 11.3 Å². The second-order valence-electron chi connectivity index (χ2n) is 7.82. The van der Waals surface area contributed by atoms with E-state index in [4.69, 9.17) is 9.72 Å². The number of anilines is 1. The molecule has 1 aromatic heterocycles. The second kappa shape index (κ2) is 8.48. The number of hydrogen-bond donors (Lipinski definition) is 1. The minimum Gasteiger partial charge on any atom is -0.484 e. The topological polar surface area (TPSA) is 54.5 Å². The lowest BCUT2D eigenvalue weighted by Gasteiger charge is -2.34. The number of nitrogens with one attached hydrogen (secondary N) is 1. The highest BCUT2D eigenvalue weighted by molar-refractivity contribution is 7.10. The van der Waals surface area contributed by atoms with Crippen molar-refractivity contribution in [1.82, 2.24) is 9.88 Å². The second-order valence-corrected chi connectivity index (χ2v) is 8.71. The number of aromatic nitrogens is 1. The van der Waals surface area contributed by atoms with Gasteiger partial charge >= 0.3 is 0 Å². The van der Waals surface area contributed by atoms with Gasteiger partial charge in [-0.25, -0.2) is 4.98 Å². The molecule has 5 rings (SSSR count). The molecule has 30 heavy (non-hydrogen) atoms. The fraction of sp³-hybridized carbons (Fsp3) is 0.333.